The van der Waals surface area contributed by atoms with E-state index in [0.717, 1.165) is 21.5 Å². The van der Waals surface area contributed by atoms with Gasteiger partial charge in [0.2, 0.25) is 5.91 Å². The van der Waals surface area contributed by atoms with Gasteiger partial charge in [0, 0.05) is 24.9 Å². The maximum absolute atomic E-state index is 13.8. The van der Waals surface area contributed by atoms with E-state index >= 15 is 0 Å². The molecule has 0 aliphatic carbocycles. The maximum Gasteiger partial charge on any atom is 0.410 e. The first-order chi connectivity index (χ1) is 22.9. The number of Topliss-reactive ketones (excluding diaryl/α,β-unsaturated/α-hetero) is 1. The first-order valence-electron chi connectivity index (χ1n) is 16.0. The lowest BCUT2D eigenvalue weighted by Gasteiger charge is -2.47. The van der Waals surface area contributed by atoms with Crippen LogP contribution < -0.4 is 15.9 Å². The molecule has 2 fully saturated rings. The summed E-state index contributed by atoms with van der Waals surface area (Å²) in [6, 6.07) is 37.3. The summed E-state index contributed by atoms with van der Waals surface area (Å²) >= 11 is 0. The fourth-order valence-electron chi connectivity index (χ4n) is 6.63. The van der Waals surface area contributed by atoms with Gasteiger partial charge in [0.15, 0.2) is 5.78 Å². The molecule has 4 aromatic rings. The lowest BCUT2D eigenvalue weighted by Crippen LogP contribution is -2.60. The monoisotopic (exact) mass is 646 g/mol. The van der Waals surface area contributed by atoms with E-state index in [4.69, 9.17) is 4.74 Å². The molecule has 4 aromatic carbocycles. The molecule has 47 heavy (non-hydrogen) atoms. The van der Waals surface area contributed by atoms with Crippen molar-refractivity contribution in [3.8, 4) is 0 Å². The predicted molar refractivity (Wildman–Crippen MR) is 188 cm³/mol. The molecule has 0 saturated carbocycles. The number of β-lactam (4-membered cyclic amide) rings is 1. The number of carbonyl (C=O) groups excluding carboxylic acids is 3. The summed E-state index contributed by atoms with van der Waals surface area (Å²) in [5, 5.41) is 15.2. The molecule has 2 amide bonds. The third kappa shape index (κ3) is 6.47. The van der Waals surface area contributed by atoms with Crippen molar-refractivity contribution in [2.24, 2.45) is 0 Å². The van der Waals surface area contributed by atoms with E-state index in [-0.39, 0.29) is 30.6 Å². The van der Waals surface area contributed by atoms with Crippen molar-refractivity contribution in [2.75, 3.05) is 13.2 Å². The number of hydrogen-bond donors (Lipinski definition) is 1. The van der Waals surface area contributed by atoms with Crippen LogP contribution in [0.25, 0.3) is 0 Å². The molecule has 2 unspecified atom stereocenters. The Balaban J connectivity index is 1.45. The molecule has 1 N–H and O–H groups in total. The van der Waals surface area contributed by atoms with Gasteiger partial charge < -0.3 is 19.6 Å². The number of benzene rings is 4. The SMILES string of the molecule is C=CCCC(O)C(N1C(=O)CC1CC(=O)c1ccc(CN2CCOC2=O)cc1)=P(c1ccccc1)(c1ccccc1)c1ccccc1. The Kier molecular flexibility index (Phi) is 9.86. The first kappa shape index (κ1) is 32.2. The largest absolute Gasteiger partial charge is 0.448 e. The number of aliphatic hydroxyl groups excluding tert-OH is 1. The van der Waals surface area contributed by atoms with Crippen LogP contribution in [0.3, 0.4) is 0 Å². The summed E-state index contributed by atoms with van der Waals surface area (Å²) in [6.45, 7) is 2.42. The minimum absolute atomic E-state index is 0.0809. The van der Waals surface area contributed by atoms with Crippen LogP contribution in [0.2, 0.25) is 0 Å². The molecule has 6 rings (SSSR count). The fourth-order valence-corrected chi connectivity index (χ4v) is 11.3. The van der Waals surface area contributed by atoms with Gasteiger partial charge in [0.1, 0.15) is 6.61 Å². The summed E-state index contributed by atoms with van der Waals surface area (Å²) in [5.41, 5.74) is 2.11. The molecule has 240 valence electrons. The van der Waals surface area contributed by atoms with Gasteiger partial charge in [-0.15, -0.1) is 6.58 Å². The topological polar surface area (TPSA) is 87.2 Å². The van der Waals surface area contributed by atoms with Crippen molar-refractivity contribution >= 4 is 46.0 Å². The van der Waals surface area contributed by atoms with Crippen molar-refractivity contribution < 1.29 is 24.2 Å². The molecule has 0 bridgehead atoms. The zero-order valence-electron chi connectivity index (χ0n) is 26.3. The van der Waals surface area contributed by atoms with E-state index in [1.54, 1.807) is 28.0 Å². The smallest absolute Gasteiger partial charge is 0.410 e. The van der Waals surface area contributed by atoms with E-state index in [1.807, 2.05) is 66.7 Å². The number of amides is 2. The summed E-state index contributed by atoms with van der Waals surface area (Å²) in [5.74, 6) is -0.182. The minimum Gasteiger partial charge on any atom is -0.448 e. The molecule has 2 atom stereocenters. The van der Waals surface area contributed by atoms with Crippen molar-refractivity contribution in [3.05, 3.63) is 139 Å². The van der Waals surface area contributed by atoms with Gasteiger partial charge in [-0.1, -0.05) is 121 Å². The standard InChI is InChI=1S/C39H39N2O5P/c1-2-3-19-35(42)38(47(32-13-7-4-8-14-32,33-15-9-5-10-16-33)34-17-11-6-12-18-34)41-31(27-37(41)44)26-36(43)30-22-20-29(21-23-30)28-40-24-25-46-39(40)45/h2,4-18,20-23,31,35,42H,1,3,19,24-28H2. The predicted octanol–water partition coefficient (Wildman–Crippen LogP) is 5.26. The normalized spacial score (nSPS) is 16.7. The molecular weight excluding hydrogens is 607 g/mol. The average Bonchev–Trinajstić information content (AvgIpc) is 3.52. The number of nitrogens with zero attached hydrogens (tertiary/aromatic N) is 2. The molecule has 2 heterocycles. The quantitative estimate of drug-likeness (QED) is 0.0927. The Hall–Kier alpha value is -4.71. The molecule has 8 heteroatoms. The Morgan fingerprint density at radius 1 is 0.872 bits per heavy atom. The first-order valence-corrected chi connectivity index (χ1v) is 17.8. The highest BCUT2D eigenvalue weighted by atomic mass is 31.2. The van der Waals surface area contributed by atoms with Crippen molar-refractivity contribution in [1.82, 2.24) is 9.80 Å². The number of ketones is 1. The lowest BCUT2D eigenvalue weighted by atomic mass is 9.92. The van der Waals surface area contributed by atoms with Gasteiger partial charge in [-0.2, -0.15) is 0 Å². The third-order valence-electron chi connectivity index (χ3n) is 8.92. The lowest BCUT2D eigenvalue weighted by molar-refractivity contribution is -0.139. The number of carbonyl (C=O) groups is 3. The van der Waals surface area contributed by atoms with Crippen LogP contribution in [0, 0.1) is 0 Å². The highest BCUT2D eigenvalue weighted by molar-refractivity contribution is 7.95. The molecule has 0 spiro atoms. The number of rotatable bonds is 13. The summed E-state index contributed by atoms with van der Waals surface area (Å²) in [4.78, 5) is 42.8. The molecular formula is C39H39N2O5P. The number of hydrogen-bond acceptors (Lipinski definition) is 5. The second-order valence-electron chi connectivity index (χ2n) is 11.9. The van der Waals surface area contributed by atoms with Crippen molar-refractivity contribution in [2.45, 2.75) is 44.4 Å². The second-order valence-corrected chi connectivity index (χ2v) is 15.2. The average molecular weight is 647 g/mol. The van der Waals surface area contributed by atoms with Crippen LogP contribution in [0.15, 0.2) is 128 Å². The number of aliphatic hydroxyl groups is 1. The van der Waals surface area contributed by atoms with Crippen LogP contribution in [-0.4, -0.2) is 63.4 Å². The maximum atomic E-state index is 13.8. The van der Waals surface area contributed by atoms with E-state index in [1.165, 1.54) is 0 Å². The molecule has 2 saturated heterocycles. The van der Waals surface area contributed by atoms with Crippen LogP contribution in [0.5, 0.6) is 0 Å². The number of cyclic esters (lactones) is 1. The summed E-state index contributed by atoms with van der Waals surface area (Å²) in [7, 11) is 0. The Bertz CT molecular complexity index is 1690. The van der Waals surface area contributed by atoms with Gasteiger partial charge in [-0.3, -0.25) is 9.59 Å². The van der Waals surface area contributed by atoms with Gasteiger partial charge in [0.25, 0.3) is 0 Å². The fraction of sp³-hybridized carbons (Fsp3) is 0.231. The van der Waals surface area contributed by atoms with Crippen molar-refractivity contribution in [3.63, 3.8) is 0 Å². The Morgan fingerprint density at radius 2 is 1.43 bits per heavy atom. The van der Waals surface area contributed by atoms with Crippen LogP contribution in [0.1, 0.15) is 41.6 Å². The third-order valence-corrected chi connectivity index (χ3v) is 13.3. The van der Waals surface area contributed by atoms with E-state index in [2.05, 4.69) is 43.0 Å². The van der Waals surface area contributed by atoms with Gasteiger partial charge in [0.05, 0.1) is 24.1 Å². The molecule has 2 aliphatic rings. The van der Waals surface area contributed by atoms with Crippen LogP contribution >= 0.6 is 6.89 Å². The van der Waals surface area contributed by atoms with Crippen molar-refractivity contribution in [1.29, 1.82) is 0 Å². The highest BCUT2D eigenvalue weighted by Gasteiger charge is 2.46. The minimum atomic E-state index is -2.81. The molecule has 7 nitrogen and oxygen atoms in total. The van der Waals surface area contributed by atoms with E-state index in [9.17, 15) is 19.5 Å². The zero-order valence-corrected chi connectivity index (χ0v) is 27.2. The van der Waals surface area contributed by atoms with E-state index < -0.39 is 19.0 Å². The Morgan fingerprint density at radius 3 is 1.89 bits per heavy atom. The van der Waals surface area contributed by atoms with Gasteiger partial charge in [-0.25, -0.2) is 4.79 Å². The van der Waals surface area contributed by atoms with Crippen LogP contribution in [-0.2, 0) is 16.1 Å². The van der Waals surface area contributed by atoms with Gasteiger partial charge >= 0.3 is 6.09 Å². The number of ether oxygens (including phenoxy) is 1. The molecule has 0 radical (unpaired) electrons. The Labute approximate surface area is 276 Å². The molecule has 0 aromatic heterocycles. The van der Waals surface area contributed by atoms with E-state index in [0.29, 0.717) is 43.5 Å². The second kappa shape index (κ2) is 14.4. The van der Waals surface area contributed by atoms with Crippen LogP contribution in [0.4, 0.5) is 4.79 Å². The summed E-state index contributed by atoms with van der Waals surface area (Å²) < 4.78 is 5.03. The zero-order chi connectivity index (χ0) is 32.8. The summed E-state index contributed by atoms with van der Waals surface area (Å²) in [6.07, 6.45) is 1.79. The number of allylic oxidation sites excluding steroid dienone is 1. The van der Waals surface area contributed by atoms with Gasteiger partial charge in [-0.05, 0) is 41.2 Å². The highest BCUT2D eigenvalue weighted by Crippen LogP contribution is 2.49. The number of likely N-dealkylation sites (tertiary alicyclic amines) is 1. The molecule has 2 aliphatic heterocycles.